The molecule has 1 unspecified atom stereocenters. The van der Waals surface area contributed by atoms with E-state index >= 15 is 0 Å². The van der Waals surface area contributed by atoms with Gasteiger partial charge in [-0.25, -0.2) is 4.68 Å². The molecule has 0 aliphatic carbocycles. The predicted molar refractivity (Wildman–Crippen MR) is 105 cm³/mol. The second-order valence-corrected chi connectivity index (χ2v) is 7.54. The summed E-state index contributed by atoms with van der Waals surface area (Å²) in [6.45, 7) is 0. The summed E-state index contributed by atoms with van der Waals surface area (Å²) in [6.07, 6.45) is 3.96. The highest BCUT2D eigenvalue weighted by Gasteiger charge is 2.32. The van der Waals surface area contributed by atoms with Gasteiger partial charge >= 0.3 is 6.18 Å². The molecule has 0 aliphatic heterocycles. The third kappa shape index (κ3) is 4.25. The zero-order chi connectivity index (χ0) is 21.3. The van der Waals surface area contributed by atoms with Crippen molar-refractivity contribution in [3.63, 3.8) is 0 Å². The van der Waals surface area contributed by atoms with Gasteiger partial charge in [-0.05, 0) is 39.7 Å². The highest BCUT2D eigenvalue weighted by atomic mass is 79.9. The smallest absolute Gasteiger partial charge is 0.263 e. The summed E-state index contributed by atoms with van der Waals surface area (Å²) in [4.78, 5) is 8.02. The van der Waals surface area contributed by atoms with Crippen LogP contribution in [0.25, 0.3) is 11.3 Å². The number of aryl methyl sites for hydroxylation is 1. The number of nitrogens with zero attached hydrogens (tertiary/aromatic N) is 7. The first-order chi connectivity index (χ1) is 14.3. The van der Waals surface area contributed by atoms with E-state index in [-0.39, 0.29) is 6.04 Å². The summed E-state index contributed by atoms with van der Waals surface area (Å²) < 4.78 is 42.6. The van der Waals surface area contributed by atoms with Crippen LogP contribution in [-0.4, -0.2) is 34.7 Å². The first-order valence-electron chi connectivity index (χ1n) is 8.84. The van der Waals surface area contributed by atoms with Crippen LogP contribution in [-0.2, 0) is 19.6 Å². The van der Waals surface area contributed by atoms with Crippen LogP contribution in [0.3, 0.4) is 0 Å². The molecular formula is C19H15BrF3N7. The summed E-state index contributed by atoms with van der Waals surface area (Å²) >= 11 is 3.36. The van der Waals surface area contributed by atoms with Crippen molar-refractivity contribution in [1.82, 2.24) is 34.7 Å². The Kier molecular flexibility index (Phi) is 5.37. The van der Waals surface area contributed by atoms with E-state index in [0.29, 0.717) is 12.0 Å². The van der Waals surface area contributed by atoms with E-state index in [2.05, 4.69) is 41.3 Å². The fourth-order valence-corrected chi connectivity index (χ4v) is 3.28. The summed E-state index contributed by atoms with van der Waals surface area (Å²) in [5.74, 6) is 0. The third-order valence-electron chi connectivity index (χ3n) is 4.57. The second kappa shape index (κ2) is 7.98. The summed E-state index contributed by atoms with van der Waals surface area (Å²) in [6, 6.07) is 5.77. The lowest BCUT2D eigenvalue weighted by atomic mass is 10.0. The molecular weight excluding hydrogens is 463 g/mol. The van der Waals surface area contributed by atoms with Crippen molar-refractivity contribution in [3.8, 4) is 11.3 Å². The zero-order valence-corrected chi connectivity index (χ0v) is 17.2. The maximum Gasteiger partial charge on any atom is 0.433 e. The maximum absolute atomic E-state index is 12.8. The molecule has 11 heteroatoms. The number of aromatic nitrogens is 7. The van der Waals surface area contributed by atoms with Gasteiger partial charge in [-0.15, -0.1) is 5.10 Å². The van der Waals surface area contributed by atoms with E-state index in [1.165, 1.54) is 12.3 Å². The molecule has 0 saturated carbocycles. The number of rotatable bonds is 5. The molecule has 0 N–H and O–H groups in total. The van der Waals surface area contributed by atoms with E-state index in [1.807, 2.05) is 18.3 Å². The monoisotopic (exact) mass is 477 g/mol. The molecule has 0 fully saturated rings. The lowest BCUT2D eigenvalue weighted by Gasteiger charge is -2.18. The molecule has 4 aromatic rings. The van der Waals surface area contributed by atoms with Gasteiger partial charge in [0.05, 0.1) is 29.8 Å². The van der Waals surface area contributed by atoms with Crippen LogP contribution in [0.5, 0.6) is 0 Å². The first-order valence-corrected chi connectivity index (χ1v) is 9.63. The number of alkyl halides is 3. The molecule has 0 radical (unpaired) electrons. The van der Waals surface area contributed by atoms with Crippen molar-refractivity contribution >= 4 is 15.9 Å². The SMILES string of the molecule is Cn1nncc1-c1cnn(C(Cc2ccc(C(F)(F)F)nc2)c2ccc(Br)cn2)c1. The molecule has 0 spiro atoms. The van der Waals surface area contributed by atoms with Crippen molar-refractivity contribution < 1.29 is 13.2 Å². The number of hydrogen-bond donors (Lipinski definition) is 0. The molecule has 0 aliphatic rings. The van der Waals surface area contributed by atoms with Crippen molar-refractivity contribution in [1.29, 1.82) is 0 Å². The van der Waals surface area contributed by atoms with E-state index in [9.17, 15) is 13.2 Å². The van der Waals surface area contributed by atoms with Crippen molar-refractivity contribution in [2.75, 3.05) is 0 Å². The van der Waals surface area contributed by atoms with Crippen LogP contribution >= 0.6 is 15.9 Å². The normalized spacial score (nSPS) is 12.8. The van der Waals surface area contributed by atoms with Crippen LogP contribution in [0, 0.1) is 0 Å². The molecule has 0 bridgehead atoms. The molecule has 1 atom stereocenters. The summed E-state index contributed by atoms with van der Waals surface area (Å²) in [7, 11) is 1.78. The van der Waals surface area contributed by atoms with Crippen LogP contribution < -0.4 is 0 Å². The quantitative estimate of drug-likeness (QED) is 0.432. The minimum atomic E-state index is -4.47. The van der Waals surface area contributed by atoms with Gasteiger partial charge in [0.1, 0.15) is 5.69 Å². The minimum Gasteiger partial charge on any atom is -0.263 e. The summed E-state index contributed by atoms with van der Waals surface area (Å²) in [5, 5.41) is 12.3. The van der Waals surface area contributed by atoms with Crippen molar-refractivity contribution in [2.45, 2.75) is 18.6 Å². The zero-order valence-electron chi connectivity index (χ0n) is 15.6. The summed E-state index contributed by atoms with van der Waals surface area (Å²) in [5.41, 5.74) is 2.04. The molecule has 0 amide bonds. The highest BCUT2D eigenvalue weighted by molar-refractivity contribution is 9.10. The van der Waals surface area contributed by atoms with Gasteiger partial charge < -0.3 is 0 Å². The Bertz CT molecular complexity index is 1130. The third-order valence-corrected chi connectivity index (χ3v) is 5.04. The van der Waals surface area contributed by atoms with E-state index < -0.39 is 11.9 Å². The Morgan fingerprint density at radius 2 is 1.87 bits per heavy atom. The maximum atomic E-state index is 12.8. The number of halogens is 4. The predicted octanol–water partition coefficient (Wildman–Crippen LogP) is 4.08. The number of hydrogen-bond acceptors (Lipinski definition) is 5. The molecule has 0 saturated heterocycles. The lowest BCUT2D eigenvalue weighted by Crippen LogP contribution is -2.16. The van der Waals surface area contributed by atoms with Crippen LogP contribution in [0.1, 0.15) is 23.0 Å². The Balaban J connectivity index is 1.68. The minimum absolute atomic E-state index is 0.341. The highest BCUT2D eigenvalue weighted by Crippen LogP contribution is 2.29. The van der Waals surface area contributed by atoms with E-state index in [0.717, 1.165) is 27.5 Å². The molecule has 7 nitrogen and oxygen atoms in total. The molecule has 4 aromatic heterocycles. The fourth-order valence-electron chi connectivity index (χ4n) is 3.05. The van der Waals surface area contributed by atoms with Crippen molar-refractivity contribution in [3.05, 3.63) is 76.7 Å². The van der Waals surface area contributed by atoms with Gasteiger partial charge in [0.25, 0.3) is 0 Å². The average molecular weight is 478 g/mol. The Morgan fingerprint density at radius 3 is 2.47 bits per heavy atom. The van der Waals surface area contributed by atoms with E-state index in [1.54, 1.807) is 35.0 Å². The molecule has 4 rings (SSSR count). The topological polar surface area (TPSA) is 74.3 Å². The molecule has 154 valence electrons. The van der Waals surface area contributed by atoms with E-state index in [4.69, 9.17) is 0 Å². The first kappa shape index (κ1) is 20.2. The Hall–Kier alpha value is -3.08. The fraction of sp³-hybridized carbons (Fsp3) is 0.211. The van der Waals surface area contributed by atoms with Gasteiger partial charge in [-0.1, -0.05) is 11.3 Å². The molecule has 0 aromatic carbocycles. The number of pyridine rings is 2. The average Bonchev–Trinajstić information content (AvgIpc) is 3.35. The van der Waals surface area contributed by atoms with Crippen LogP contribution in [0.4, 0.5) is 13.2 Å². The Labute approximate surface area is 177 Å². The van der Waals surface area contributed by atoms with Gasteiger partial charge in [-0.3, -0.25) is 14.6 Å². The van der Waals surface area contributed by atoms with Gasteiger partial charge in [0.2, 0.25) is 0 Å². The van der Waals surface area contributed by atoms with Crippen LogP contribution in [0.2, 0.25) is 0 Å². The molecule has 4 heterocycles. The van der Waals surface area contributed by atoms with Crippen molar-refractivity contribution in [2.24, 2.45) is 7.05 Å². The lowest BCUT2D eigenvalue weighted by molar-refractivity contribution is -0.141. The molecule has 30 heavy (non-hydrogen) atoms. The standard InChI is InChI=1S/C19H15BrF3N7/c1-29-17(10-26-28-29)13-8-27-30(11-13)16(15-4-3-14(20)9-24-15)6-12-2-5-18(25-7-12)19(21,22)23/h2-5,7-11,16H,6H2,1H3. The van der Waals surface area contributed by atoms with Gasteiger partial charge in [-0.2, -0.15) is 18.3 Å². The Morgan fingerprint density at radius 1 is 1.03 bits per heavy atom. The largest absolute Gasteiger partial charge is 0.433 e. The second-order valence-electron chi connectivity index (χ2n) is 6.62. The van der Waals surface area contributed by atoms with Gasteiger partial charge in [0, 0.05) is 42.1 Å². The van der Waals surface area contributed by atoms with Crippen LogP contribution in [0.15, 0.2) is 59.7 Å². The van der Waals surface area contributed by atoms with Gasteiger partial charge in [0.15, 0.2) is 0 Å².